The van der Waals surface area contributed by atoms with E-state index in [2.05, 4.69) is 144 Å². The van der Waals surface area contributed by atoms with Crippen molar-refractivity contribution in [3.05, 3.63) is 77.6 Å². The molecule has 0 saturated heterocycles. The van der Waals surface area contributed by atoms with Crippen molar-refractivity contribution in [3.8, 4) is 63.3 Å². The van der Waals surface area contributed by atoms with Gasteiger partial charge in [0.15, 0.2) is 29.0 Å². The van der Waals surface area contributed by atoms with E-state index in [0.717, 1.165) is 60.0 Å². The third-order valence-corrected chi connectivity index (χ3v) is 11.9. The smallest absolute Gasteiger partial charge is 0.227 e. The maximum absolute atomic E-state index is 5.95. The first-order chi connectivity index (χ1) is 43.3. The van der Waals surface area contributed by atoms with Crippen LogP contribution >= 0.6 is 0 Å². The molecule has 0 aliphatic heterocycles. The van der Waals surface area contributed by atoms with Crippen LogP contribution in [0.3, 0.4) is 0 Å². The van der Waals surface area contributed by atoms with Gasteiger partial charge in [0, 0.05) is 68.2 Å². The Morgan fingerprint density at radius 1 is 0.451 bits per heavy atom. The summed E-state index contributed by atoms with van der Waals surface area (Å²) in [6.45, 7) is 27.4. The van der Waals surface area contributed by atoms with Gasteiger partial charge in [-0.15, -0.1) is 0 Å². The standard InChI is InChI=1S/C19H29N5O4.C14H20N6.C13H17N5O.C8H15N5.C6H7N5/c1-12(25-3)7-9-27-15-6-5-14(17-22-18(20)24-19(21)23-17)11-16(15)28-10-8-13(2)26-4;1-7(2)10-5-9(6-11(17-10)8(3)4)12-18-13(15)20-14(16)19-12;1-8(2)7-19-10-5-3-4-9(6-10)11-16-12(14)18-13(15)17-11;1-4-9-7-11-6(3)12-8(13-7)10-5-2;1-2-3-4-9-5(7)11-6(8)10-4/h5-6,11-13H,7-10H2,1-4H3,(H4,20,21,22,23,24);5-8H,1-4H3,(H4,15,16,18,19,20);3-6,8H,7H2,1-2H3,(H4,14,15,16,17,18);4-5H2,1-3H3,(H2,9,10,11,12,13);1H3,(H4,7,8,9,10,11). The van der Waals surface area contributed by atoms with E-state index in [1.165, 1.54) is 0 Å². The second-order valence-corrected chi connectivity index (χ2v) is 20.7. The van der Waals surface area contributed by atoms with Gasteiger partial charge in [-0.3, -0.25) is 4.98 Å². The van der Waals surface area contributed by atoms with Gasteiger partial charge in [-0.1, -0.05) is 59.6 Å². The van der Waals surface area contributed by atoms with E-state index in [0.29, 0.717) is 89.8 Å². The van der Waals surface area contributed by atoms with Crippen molar-refractivity contribution in [1.29, 1.82) is 0 Å². The Balaban J connectivity index is 0.000000252. The Morgan fingerprint density at radius 3 is 1.27 bits per heavy atom. The highest BCUT2D eigenvalue weighted by molar-refractivity contribution is 5.63. The van der Waals surface area contributed by atoms with Crippen molar-refractivity contribution in [2.45, 2.75) is 120 Å². The molecule has 31 nitrogen and oxygen atoms in total. The normalized spacial score (nSPS) is 11.2. The van der Waals surface area contributed by atoms with Crippen molar-refractivity contribution in [2.75, 3.05) is 104 Å². The lowest BCUT2D eigenvalue weighted by molar-refractivity contribution is 0.0907. The van der Waals surface area contributed by atoms with Crippen LogP contribution in [0.1, 0.15) is 124 Å². The molecule has 6 aromatic heterocycles. The van der Waals surface area contributed by atoms with E-state index < -0.39 is 0 Å². The van der Waals surface area contributed by atoms with Crippen LogP contribution in [0.4, 0.5) is 59.5 Å². The number of hydrogen-bond donors (Lipinski definition) is 10. The molecule has 0 saturated carbocycles. The summed E-state index contributed by atoms with van der Waals surface area (Å²) in [7, 11) is 3.35. The van der Waals surface area contributed by atoms with Crippen molar-refractivity contribution < 1.29 is 23.7 Å². The largest absolute Gasteiger partial charge is 0.493 e. The molecular weight excluding hydrogens is 1160 g/mol. The number of pyridine rings is 1. The molecule has 0 radical (unpaired) electrons. The first-order valence-electron chi connectivity index (χ1n) is 29.2. The van der Waals surface area contributed by atoms with Gasteiger partial charge in [-0.05, 0) is 108 Å². The molecule has 6 heterocycles. The Labute approximate surface area is 531 Å². The molecule has 0 aliphatic rings. The summed E-state index contributed by atoms with van der Waals surface area (Å²) in [5, 5.41) is 6.09. The molecule has 2 atom stereocenters. The third-order valence-electron chi connectivity index (χ3n) is 11.9. The fraction of sp³-hybridized carbons (Fsp3) is 0.433. The van der Waals surface area contributed by atoms with Crippen LogP contribution in [-0.2, 0) is 9.47 Å². The topological polar surface area (TPSA) is 485 Å². The second-order valence-electron chi connectivity index (χ2n) is 20.7. The van der Waals surface area contributed by atoms with Crippen molar-refractivity contribution in [2.24, 2.45) is 5.92 Å². The molecule has 0 aliphatic carbocycles. The van der Waals surface area contributed by atoms with Gasteiger partial charge < -0.3 is 80.2 Å². The number of nitrogens with one attached hydrogen (secondary N) is 2. The second kappa shape index (κ2) is 37.4. The zero-order valence-electron chi connectivity index (χ0n) is 54.3. The highest BCUT2D eigenvalue weighted by Gasteiger charge is 2.16. The number of benzene rings is 2. The van der Waals surface area contributed by atoms with E-state index in [9.17, 15) is 0 Å². The number of anilines is 10. The molecule has 8 aromatic rings. The summed E-state index contributed by atoms with van der Waals surface area (Å²) in [4.78, 5) is 64.2. The molecular formula is C60H88N26O5. The minimum absolute atomic E-state index is 0.0627. The third kappa shape index (κ3) is 26.4. The van der Waals surface area contributed by atoms with Crippen LogP contribution in [-0.4, -0.2) is 139 Å². The highest BCUT2D eigenvalue weighted by atomic mass is 16.5. The molecule has 8 rings (SSSR count). The van der Waals surface area contributed by atoms with Gasteiger partial charge in [0.05, 0.1) is 32.0 Å². The van der Waals surface area contributed by atoms with Crippen molar-refractivity contribution >= 4 is 59.5 Å². The number of aryl methyl sites for hydroxylation is 1. The van der Waals surface area contributed by atoms with Crippen LogP contribution in [0.15, 0.2) is 54.6 Å². The summed E-state index contributed by atoms with van der Waals surface area (Å²) in [6, 6.07) is 16.9. The Hall–Kier alpha value is -10.5. The summed E-state index contributed by atoms with van der Waals surface area (Å²) in [5.74, 6) is 12.7. The fourth-order valence-electron chi connectivity index (χ4n) is 7.22. The molecule has 2 unspecified atom stereocenters. The monoisotopic (exact) mass is 1250 g/mol. The van der Waals surface area contributed by atoms with Gasteiger partial charge in [-0.25, -0.2) is 0 Å². The maximum atomic E-state index is 5.95. The molecule has 31 heteroatoms. The Morgan fingerprint density at radius 2 is 0.868 bits per heavy atom. The number of nitrogen functional groups attached to an aromatic ring is 8. The molecule has 0 amide bonds. The van der Waals surface area contributed by atoms with Crippen LogP contribution < -0.4 is 70.7 Å². The zero-order chi connectivity index (χ0) is 67.2. The molecule has 488 valence electrons. The van der Waals surface area contributed by atoms with Gasteiger partial charge in [-0.2, -0.15) is 74.8 Å². The van der Waals surface area contributed by atoms with Crippen molar-refractivity contribution in [1.82, 2.24) is 79.7 Å². The summed E-state index contributed by atoms with van der Waals surface area (Å²) in [5.41, 5.74) is 48.7. The first kappa shape index (κ1) is 73.0. The number of nitrogens with two attached hydrogens (primary N) is 8. The minimum Gasteiger partial charge on any atom is -0.493 e. The van der Waals surface area contributed by atoms with E-state index in [1.807, 2.05) is 83.1 Å². The average molecular weight is 1250 g/mol. The predicted octanol–water partition coefficient (Wildman–Crippen LogP) is 6.84. The summed E-state index contributed by atoms with van der Waals surface area (Å²) < 4.78 is 28.0. The van der Waals surface area contributed by atoms with Crippen LogP contribution in [0.2, 0.25) is 0 Å². The van der Waals surface area contributed by atoms with Crippen LogP contribution in [0.5, 0.6) is 17.2 Å². The number of nitrogens with zero attached hydrogens (tertiary/aromatic N) is 16. The number of methoxy groups -OCH3 is 2. The van der Waals surface area contributed by atoms with Crippen LogP contribution in [0, 0.1) is 24.7 Å². The highest BCUT2D eigenvalue weighted by Crippen LogP contribution is 2.33. The molecule has 0 fully saturated rings. The van der Waals surface area contributed by atoms with Gasteiger partial charge in [0.1, 0.15) is 11.6 Å². The molecule has 2 aromatic carbocycles. The zero-order valence-corrected chi connectivity index (χ0v) is 54.3. The fourth-order valence-corrected chi connectivity index (χ4v) is 7.22. The van der Waals surface area contributed by atoms with E-state index in [-0.39, 0.29) is 59.8 Å². The number of ether oxygens (including phenoxy) is 5. The van der Waals surface area contributed by atoms with Crippen molar-refractivity contribution in [3.63, 3.8) is 0 Å². The van der Waals surface area contributed by atoms with E-state index >= 15 is 0 Å². The minimum atomic E-state index is 0.0627. The van der Waals surface area contributed by atoms with Gasteiger partial charge in [0.25, 0.3) is 0 Å². The predicted molar refractivity (Wildman–Crippen MR) is 356 cm³/mol. The molecule has 0 bridgehead atoms. The average Bonchev–Trinajstić information content (AvgIpc) is 0.987. The summed E-state index contributed by atoms with van der Waals surface area (Å²) in [6.07, 6.45) is 1.71. The Kier molecular flexibility index (Phi) is 30.0. The quantitative estimate of drug-likeness (QED) is 0.0310. The summed E-state index contributed by atoms with van der Waals surface area (Å²) >= 11 is 0. The SMILES string of the molecule is CC#Cc1nc(N)nc(N)n1.CC(C)COc1cccc(-c2nc(N)nc(N)n2)c1.CC(C)c1cc(-c2nc(N)nc(N)n2)cc(C(C)C)n1.CCNc1nc(C)nc(NCC)n1.COC(C)CCOc1ccc(-c2nc(N)nc(N)n2)cc1OCCC(C)OC. The van der Waals surface area contributed by atoms with Crippen LogP contribution in [0.25, 0.3) is 34.2 Å². The molecule has 91 heavy (non-hydrogen) atoms. The molecule has 18 N–H and O–H groups in total. The lowest BCUT2D eigenvalue weighted by Gasteiger charge is -2.16. The van der Waals surface area contributed by atoms with Gasteiger partial charge >= 0.3 is 0 Å². The Bertz CT molecular complexity index is 3480. The lowest BCUT2D eigenvalue weighted by Crippen LogP contribution is -2.13. The number of rotatable bonds is 22. The maximum Gasteiger partial charge on any atom is 0.227 e. The number of hydrogen-bond acceptors (Lipinski definition) is 31. The lowest BCUT2D eigenvalue weighted by atomic mass is 10.0. The first-order valence-corrected chi connectivity index (χ1v) is 29.2. The number of aromatic nitrogens is 16. The van der Waals surface area contributed by atoms with E-state index in [4.69, 9.17) is 69.6 Å². The van der Waals surface area contributed by atoms with Gasteiger partial charge in [0.2, 0.25) is 65.3 Å². The van der Waals surface area contributed by atoms with E-state index in [1.54, 1.807) is 27.2 Å². The molecule has 0 spiro atoms.